The highest BCUT2D eigenvalue weighted by molar-refractivity contribution is 5.23. The summed E-state index contributed by atoms with van der Waals surface area (Å²) in [6.07, 6.45) is 5.44. The third-order valence-corrected chi connectivity index (χ3v) is 3.13. The normalized spacial score (nSPS) is 23.1. The maximum Gasteiger partial charge on any atom is 0.124 e. The van der Waals surface area contributed by atoms with Gasteiger partial charge >= 0.3 is 0 Å². The average Bonchev–Trinajstić information content (AvgIpc) is 2.65. The molecule has 14 heavy (non-hydrogen) atoms. The molecule has 1 aromatic rings. The van der Waals surface area contributed by atoms with Crippen LogP contribution in [0.3, 0.4) is 0 Å². The fourth-order valence-electron chi connectivity index (χ4n) is 2.36. The van der Waals surface area contributed by atoms with Crippen LogP contribution in [-0.4, -0.2) is 6.54 Å². The van der Waals surface area contributed by atoms with E-state index in [-0.39, 0.29) is 0 Å². The van der Waals surface area contributed by atoms with E-state index in [9.17, 15) is 0 Å². The molecule has 1 aromatic heterocycles. The quantitative estimate of drug-likeness (QED) is 0.798. The van der Waals surface area contributed by atoms with Gasteiger partial charge in [-0.1, -0.05) is 20.3 Å². The molecule has 78 valence electrons. The topological polar surface area (TPSA) is 25.2 Å². The van der Waals surface area contributed by atoms with E-state index in [0.717, 1.165) is 13.0 Å². The second kappa shape index (κ2) is 4.18. The molecule has 2 atom stereocenters. The first-order chi connectivity index (χ1) is 6.83. The highest BCUT2D eigenvalue weighted by atomic mass is 16.3. The highest BCUT2D eigenvalue weighted by Crippen LogP contribution is 2.31. The molecule has 1 aliphatic heterocycles. The van der Waals surface area contributed by atoms with E-state index in [1.807, 2.05) is 6.26 Å². The van der Waals surface area contributed by atoms with Crippen LogP contribution in [0.1, 0.15) is 44.1 Å². The average molecular weight is 193 g/mol. The maximum atomic E-state index is 5.57. The lowest BCUT2D eigenvalue weighted by molar-refractivity contribution is 0.296. The van der Waals surface area contributed by atoms with E-state index in [2.05, 4.69) is 25.2 Å². The molecular formula is C12H19NO. The summed E-state index contributed by atoms with van der Waals surface area (Å²) in [7, 11) is 0. The molecule has 0 aliphatic carbocycles. The van der Waals surface area contributed by atoms with Gasteiger partial charge in [0, 0.05) is 0 Å². The Bertz CT molecular complexity index is 292. The predicted molar refractivity (Wildman–Crippen MR) is 57.2 cm³/mol. The standard InChI is InChI=1S/C12H19NO/c1-3-4-9(2)11-12-10(5-7-13-11)6-8-14-12/h6,8-9,11,13H,3-5,7H2,1-2H3. The zero-order chi connectivity index (χ0) is 9.97. The Morgan fingerprint density at radius 1 is 1.64 bits per heavy atom. The Morgan fingerprint density at radius 3 is 3.29 bits per heavy atom. The molecule has 1 N–H and O–H groups in total. The summed E-state index contributed by atoms with van der Waals surface area (Å²) < 4.78 is 5.57. The van der Waals surface area contributed by atoms with Gasteiger partial charge in [-0.25, -0.2) is 0 Å². The molecular weight excluding hydrogens is 174 g/mol. The van der Waals surface area contributed by atoms with Crippen molar-refractivity contribution in [1.82, 2.24) is 5.32 Å². The molecule has 0 saturated heterocycles. The lowest BCUT2D eigenvalue weighted by Gasteiger charge is -2.27. The van der Waals surface area contributed by atoms with Crippen molar-refractivity contribution in [3.8, 4) is 0 Å². The fourth-order valence-corrected chi connectivity index (χ4v) is 2.36. The maximum absolute atomic E-state index is 5.57. The number of hydrogen-bond acceptors (Lipinski definition) is 2. The SMILES string of the molecule is CCCC(C)C1NCCc2ccoc21. The number of rotatable bonds is 3. The van der Waals surface area contributed by atoms with E-state index in [1.165, 1.54) is 24.2 Å². The van der Waals surface area contributed by atoms with Crippen molar-refractivity contribution in [2.75, 3.05) is 6.54 Å². The first-order valence-electron chi connectivity index (χ1n) is 5.62. The summed E-state index contributed by atoms with van der Waals surface area (Å²) in [6, 6.07) is 2.55. The van der Waals surface area contributed by atoms with Crippen LogP contribution in [0.25, 0.3) is 0 Å². The van der Waals surface area contributed by atoms with Crippen molar-refractivity contribution in [2.45, 2.75) is 39.2 Å². The van der Waals surface area contributed by atoms with Gasteiger partial charge in [0.15, 0.2) is 0 Å². The zero-order valence-electron chi connectivity index (χ0n) is 9.05. The van der Waals surface area contributed by atoms with Crippen molar-refractivity contribution in [3.05, 3.63) is 23.7 Å². The van der Waals surface area contributed by atoms with Gasteiger partial charge in [0.05, 0.1) is 12.3 Å². The van der Waals surface area contributed by atoms with Crippen LogP contribution in [0, 0.1) is 5.92 Å². The molecule has 2 heteroatoms. The number of furan rings is 1. The van der Waals surface area contributed by atoms with Crippen molar-refractivity contribution in [2.24, 2.45) is 5.92 Å². The molecule has 0 spiro atoms. The largest absolute Gasteiger partial charge is 0.467 e. The number of fused-ring (bicyclic) bond motifs is 1. The van der Waals surface area contributed by atoms with Gasteiger partial charge in [-0.2, -0.15) is 0 Å². The summed E-state index contributed by atoms with van der Waals surface area (Å²) in [4.78, 5) is 0. The molecule has 0 saturated carbocycles. The molecule has 0 radical (unpaired) electrons. The molecule has 1 aliphatic rings. The Balaban J connectivity index is 2.15. The van der Waals surface area contributed by atoms with Gasteiger partial charge in [0.25, 0.3) is 0 Å². The minimum Gasteiger partial charge on any atom is -0.467 e. The van der Waals surface area contributed by atoms with Crippen molar-refractivity contribution < 1.29 is 4.42 Å². The van der Waals surface area contributed by atoms with E-state index < -0.39 is 0 Å². The Morgan fingerprint density at radius 2 is 2.50 bits per heavy atom. The van der Waals surface area contributed by atoms with Gasteiger partial charge in [-0.3, -0.25) is 0 Å². The number of nitrogens with one attached hydrogen (secondary N) is 1. The molecule has 0 amide bonds. The van der Waals surface area contributed by atoms with Crippen LogP contribution in [0.5, 0.6) is 0 Å². The summed E-state index contributed by atoms with van der Waals surface area (Å²) >= 11 is 0. The van der Waals surface area contributed by atoms with Crippen LogP contribution in [0.15, 0.2) is 16.7 Å². The van der Waals surface area contributed by atoms with Crippen LogP contribution < -0.4 is 5.32 Å². The molecule has 0 fully saturated rings. The number of hydrogen-bond donors (Lipinski definition) is 1. The summed E-state index contributed by atoms with van der Waals surface area (Å²) in [5, 5.41) is 3.55. The summed E-state index contributed by atoms with van der Waals surface area (Å²) in [5.41, 5.74) is 1.40. The smallest absolute Gasteiger partial charge is 0.124 e. The zero-order valence-corrected chi connectivity index (χ0v) is 9.05. The lowest BCUT2D eigenvalue weighted by Crippen LogP contribution is -2.33. The Labute approximate surface area is 85.7 Å². The van der Waals surface area contributed by atoms with Gasteiger partial charge < -0.3 is 9.73 Å². The molecule has 0 aromatic carbocycles. The van der Waals surface area contributed by atoms with E-state index in [1.54, 1.807) is 0 Å². The minimum atomic E-state index is 0.439. The van der Waals surface area contributed by atoms with Crippen LogP contribution in [0.4, 0.5) is 0 Å². The third kappa shape index (κ3) is 1.71. The Hall–Kier alpha value is -0.760. The first kappa shape index (κ1) is 9.78. The van der Waals surface area contributed by atoms with E-state index >= 15 is 0 Å². The molecule has 2 rings (SSSR count). The second-order valence-electron chi connectivity index (χ2n) is 4.26. The van der Waals surface area contributed by atoms with Crippen LogP contribution in [-0.2, 0) is 6.42 Å². The fraction of sp³-hybridized carbons (Fsp3) is 0.667. The van der Waals surface area contributed by atoms with Crippen LogP contribution in [0.2, 0.25) is 0 Å². The highest BCUT2D eigenvalue weighted by Gasteiger charge is 2.26. The molecule has 2 heterocycles. The van der Waals surface area contributed by atoms with E-state index in [4.69, 9.17) is 4.42 Å². The monoisotopic (exact) mass is 193 g/mol. The third-order valence-electron chi connectivity index (χ3n) is 3.13. The summed E-state index contributed by atoms with van der Waals surface area (Å²) in [5.74, 6) is 1.85. The first-order valence-corrected chi connectivity index (χ1v) is 5.62. The van der Waals surface area contributed by atoms with E-state index in [0.29, 0.717) is 12.0 Å². The van der Waals surface area contributed by atoms with Crippen molar-refractivity contribution >= 4 is 0 Å². The lowest BCUT2D eigenvalue weighted by atomic mass is 9.90. The molecule has 0 bridgehead atoms. The summed E-state index contributed by atoms with van der Waals surface area (Å²) in [6.45, 7) is 5.63. The van der Waals surface area contributed by atoms with Crippen molar-refractivity contribution in [3.63, 3.8) is 0 Å². The predicted octanol–water partition coefficient (Wildman–Crippen LogP) is 2.90. The molecule has 2 nitrogen and oxygen atoms in total. The van der Waals surface area contributed by atoms with Gasteiger partial charge in [0.2, 0.25) is 0 Å². The second-order valence-corrected chi connectivity index (χ2v) is 4.26. The Kier molecular flexibility index (Phi) is 2.92. The van der Waals surface area contributed by atoms with Gasteiger partial charge in [-0.15, -0.1) is 0 Å². The van der Waals surface area contributed by atoms with Gasteiger partial charge in [-0.05, 0) is 36.9 Å². The minimum absolute atomic E-state index is 0.439. The van der Waals surface area contributed by atoms with Gasteiger partial charge in [0.1, 0.15) is 5.76 Å². The van der Waals surface area contributed by atoms with Crippen LogP contribution >= 0.6 is 0 Å². The van der Waals surface area contributed by atoms with Crippen molar-refractivity contribution in [1.29, 1.82) is 0 Å². The molecule has 2 unspecified atom stereocenters.